The minimum atomic E-state index is -0.921. The fourth-order valence-electron chi connectivity index (χ4n) is 1.21. The van der Waals surface area contributed by atoms with Crippen LogP contribution in [0.3, 0.4) is 0 Å². The van der Waals surface area contributed by atoms with Crippen LogP contribution in [-0.2, 0) is 0 Å². The van der Waals surface area contributed by atoms with Crippen molar-refractivity contribution in [2.24, 2.45) is 0 Å². The van der Waals surface area contributed by atoms with Gasteiger partial charge in [0, 0.05) is 12.1 Å². The van der Waals surface area contributed by atoms with Gasteiger partial charge in [-0.1, -0.05) is 25.2 Å². The summed E-state index contributed by atoms with van der Waals surface area (Å²) in [7, 11) is 0. The molecular formula is C8H9N3O2S. The minimum Gasteiger partial charge on any atom is -0.477 e. The van der Waals surface area contributed by atoms with Crippen LogP contribution in [0, 0.1) is 0 Å². The third-order valence-electron chi connectivity index (χ3n) is 1.87. The number of hydrogen-bond acceptors (Lipinski definition) is 4. The zero-order valence-electron chi connectivity index (χ0n) is 7.76. The summed E-state index contributed by atoms with van der Waals surface area (Å²) in [6.07, 6.45) is 1.57. The lowest BCUT2D eigenvalue weighted by molar-refractivity contribution is 0.0702. The SMILES string of the molecule is CC(C)c1nnc2sc(C(=O)O)cn12. The summed E-state index contributed by atoms with van der Waals surface area (Å²) in [4.78, 5) is 11.6. The van der Waals surface area contributed by atoms with Crippen molar-refractivity contribution >= 4 is 22.3 Å². The molecule has 0 radical (unpaired) electrons. The van der Waals surface area contributed by atoms with Crippen LogP contribution in [0.25, 0.3) is 4.96 Å². The van der Waals surface area contributed by atoms with Gasteiger partial charge in [-0.15, -0.1) is 10.2 Å². The third-order valence-corrected chi connectivity index (χ3v) is 2.83. The normalized spacial score (nSPS) is 11.4. The molecule has 0 unspecified atom stereocenters. The largest absolute Gasteiger partial charge is 0.477 e. The number of aromatic nitrogens is 3. The zero-order chi connectivity index (χ0) is 10.3. The second-order valence-electron chi connectivity index (χ2n) is 3.27. The summed E-state index contributed by atoms with van der Waals surface area (Å²) in [5, 5.41) is 16.7. The van der Waals surface area contributed by atoms with E-state index in [-0.39, 0.29) is 10.8 Å². The van der Waals surface area contributed by atoms with Crippen molar-refractivity contribution in [2.75, 3.05) is 0 Å². The number of carboxylic acid groups (broad SMARTS) is 1. The summed E-state index contributed by atoms with van der Waals surface area (Å²) in [5.41, 5.74) is 0. The van der Waals surface area contributed by atoms with Crippen molar-refractivity contribution in [2.45, 2.75) is 19.8 Å². The molecule has 0 aliphatic carbocycles. The van der Waals surface area contributed by atoms with Gasteiger partial charge in [0.25, 0.3) is 0 Å². The van der Waals surface area contributed by atoms with Crippen LogP contribution in [0.15, 0.2) is 6.20 Å². The van der Waals surface area contributed by atoms with Gasteiger partial charge in [0.2, 0.25) is 4.96 Å². The first kappa shape index (κ1) is 9.14. The Morgan fingerprint density at radius 1 is 1.57 bits per heavy atom. The Hall–Kier alpha value is -1.43. The number of carbonyl (C=O) groups is 1. The van der Waals surface area contributed by atoms with E-state index in [1.165, 1.54) is 0 Å². The Kier molecular flexibility index (Phi) is 1.99. The lowest BCUT2D eigenvalue weighted by Crippen LogP contribution is -1.96. The van der Waals surface area contributed by atoms with E-state index < -0.39 is 5.97 Å². The maximum Gasteiger partial charge on any atom is 0.347 e. The van der Waals surface area contributed by atoms with E-state index in [0.717, 1.165) is 17.2 Å². The van der Waals surface area contributed by atoms with Crippen molar-refractivity contribution in [3.63, 3.8) is 0 Å². The smallest absolute Gasteiger partial charge is 0.347 e. The van der Waals surface area contributed by atoms with E-state index in [2.05, 4.69) is 10.2 Å². The second kappa shape index (κ2) is 3.06. The van der Waals surface area contributed by atoms with Gasteiger partial charge in [0.1, 0.15) is 10.7 Å². The van der Waals surface area contributed by atoms with Crippen molar-refractivity contribution in [3.05, 3.63) is 16.9 Å². The summed E-state index contributed by atoms with van der Waals surface area (Å²) in [6.45, 7) is 3.99. The molecule has 0 aliphatic rings. The van der Waals surface area contributed by atoms with Gasteiger partial charge in [-0.25, -0.2) is 4.79 Å². The number of rotatable bonds is 2. The van der Waals surface area contributed by atoms with Crippen LogP contribution >= 0.6 is 11.3 Å². The zero-order valence-corrected chi connectivity index (χ0v) is 8.58. The molecule has 1 N–H and O–H groups in total. The summed E-state index contributed by atoms with van der Waals surface area (Å²) < 4.78 is 1.73. The van der Waals surface area contributed by atoms with E-state index in [4.69, 9.17) is 5.11 Å². The number of carboxylic acids is 1. The average molecular weight is 211 g/mol. The van der Waals surface area contributed by atoms with Crippen molar-refractivity contribution in [1.29, 1.82) is 0 Å². The fraction of sp³-hybridized carbons (Fsp3) is 0.375. The summed E-state index contributed by atoms with van der Waals surface area (Å²) in [6, 6.07) is 0. The quantitative estimate of drug-likeness (QED) is 0.819. The predicted molar refractivity (Wildman–Crippen MR) is 51.9 cm³/mol. The first-order valence-corrected chi connectivity index (χ1v) is 4.99. The molecule has 0 amide bonds. The molecule has 0 aromatic carbocycles. The van der Waals surface area contributed by atoms with Gasteiger partial charge in [-0.05, 0) is 0 Å². The van der Waals surface area contributed by atoms with E-state index in [1.807, 2.05) is 13.8 Å². The molecule has 2 rings (SSSR count). The van der Waals surface area contributed by atoms with Gasteiger partial charge < -0.3 is 5.11 Å². The van der Waals surface area contributed by atoms with E-state index in [1.54, 1.807) is 10.6 Å². The Labute approximate surface area is 84.0 Å². The average Bonchev–Trinajstić information content (AvgIpc) is 2.58. The van der Waals surface area contributed by atoms with Crippen LogP contribution in [-0.4, -0.2) is 25.7 Å². The highest BCUT2D eigenvalue weighted by Crippen LogP contribution is 2.20. The van der Waals surface area contributed by atoms with Gasteiger partial charge in [0.05, 0.1) is 0 Å². The number of nitrogens with zero attached hydrogens (tertiary/aromatic N) is 3. The summed E-state index contributed by atoms with van der Waals surface area (Å²) in [5.74, 6) is 0.111. The molecule has 0 saturated heterocycles. The molecule has 2 aromatic rings. The molecule has 0 atom stereocenters. The molecule has 0 bridgehead atoms. The van der Waals surface area contributed by atoms with Crippen molar-refractivity contribution < 1.29 is 9.90 Å². The molecule has 5 nitrogen and oxygen atoms in total. The highest BCUT2D eigenvalue weighted by molar-refractivity contribution is 7.18. The molecule has 6 heteroatoms. The van der Waals surface area contributed by atoms with Crippen LogP contribution < -0.4 is 0 Å². The standard InChI is InChI=1S/C8H9N3O2S/c1-4(2)6-9-10-8-11(6)3-5(14-8)7(12)13/h3-4H,1-2H3,(H,12,13). The van der Waals surface area contributed by atoms with Gasteiger partial charge in [-0.3, -0.25) is 4.40 Å². The molecule has 0 saturated carbocycles. The molecule has 2 heterocycles. The van der Waals surface area contributed by atoms with Gasteiger partial charge in [0.15, 0.2) is 0 Å². The molecule has 0 fully saturated rings. The minimum absolute atomic E-state index is 0.237. The molecule has 74 valence electrons. The molecule has 2 aromatic heterocycles. The van der Waals surface area contributed by atoms with E-state index in [0.29, 0.717) is 4.96 Å². The first-order chi connectivity index (χ1) is 6.59. The fourth-order valence-corrected chi connectivity index (χ4v) is 1.98. The maximum atomic E-state index is 10.7. The van der Waals surface area contributed by atoms with Gasteiger partial charge >= 0.3 is 5.97 Å². The highest BCUT2D eigenvalue weighted by atomic mass is 32.1. The third kappa shape index (κ3) is 1.27. The Morgan fingerprint density at radius 3 is 2.86 bits per heavy atom. The Morgan fingerprint density at radius 2 is 2.29 bits per heavy atom. The van der Waals surface area contributed by atoms with Crippen LogP contribution in [0.1, 0.15) is 35.3 Å². The topological polar surface area (TPSA) is 67.5 Å². The monoisotopic (exact) mass is 211 g/mol. The molecule has 0 aliphatic heterocycles. The number of aromatic carboxylic acids is 1. The lowest BCUT2D eigenvalue weighted by Gasteiger charge is -1.98. The molecule has 14 heavy (non-hydrogen) atoms. The van der Waals surface area contributed by atoms with Crippen LogP contribution in [0.4, 0.5) is 0 Å². The number of thiazole rings is 1. The number of hydrogen-bond donors (Lipinski definition) is 1. The second-order valence-corrected chi connectivity index (χ2v) is 4.28. The van der Waals surface area contributed by atoms with E-state index in [9.17, 15) is 4.79 Å². The van der Waals surface area contributed by atoms with E-state index >= 15 is 0 Å². The first-order valence-electron chi connectivity index (χ1n) is 4.17. The Balaban J connectivity index is 2.61. The maximum absolute atomic E-state index is 10.7. The Bertz CT molecular complexity index is 486. The van der Waals surface area contributed by atoms with Crippen LogP contribution in [0.5, 0.6) is 0 Å². The number of fused-ring (bicyclic) bond motifs is 1. The van der Waals surface area contributed by atoms with Gasteiger partial charge in [-0.2, -0.15) is 0 Å². The van der Waals surface area contributed by atoms with Crippen LogP contribution in [0.2, 0.25) is 0 Å². The highest BCUT2D eigenvalue weighted by Gasteiger charge is 2.15. The van der Waals surface area contributed by atoms with Crippen molar-refractivity contribution in [3.8, 4) is 0 Å². The predicted octanol–water partition coefficient (Wildman–Crippen LogP) is 1.61. The molecule has 0 spiro atoms. The van der Waals surface area contributed by atoms with Crippen molar-refractivity contribution in [1.82, 2.24) is 14.6 Å². The lowest BCUT2D eigenvalue weighted by atomic mass is 10.2. The molecular weight excluding hydrogens is 202 g/mol. The summed E-state index contributed by atoms with van der Waals surface area (Å²) >= 11 is 1.13.